The van der Waals surface area contributed by atoms with Crippen LogP contribution in [0, 0.1) is 0 Å². The average Bonchev–Trinajstić information content (AvgIpc) is 2.78. The number of nitrogens with one attached hydrogen (secondary N) is 2. The number of nitrogens with zero attached hydrogens (tertiary/aromatic N) is 1. The summed E-state index contributed by atoms with van der Waals surface area (Å²) in [7, 11) is 2.00. The summed E-state index contributed by atoms with van der Waals surface area (Å²) in [4.78, 5) is 4.77. The summed E-state index contributed by atoms with van der Waals surface area (Å²) in [5.41, 5.74) is 1.25. The van der Waals surface area contributed by atoms with Crippen LogP contribution in [0.3, 0.4) is 0 Å². The molecule has 2 heterocycles. The summed E-state index contributed by atoms with van der Waals surface area (Å²) in [6.07, 6.45) is 3.53. The van der Waals surface area contributed by atoms with Crippen molar-refractivity contribution in [3.8, 4) is 0 Å². The first-order chi connectivity index (χ1) is 7.79. The standard InChI is InChI=1S/C12H21N3S/c1-9(13-2)7-11-8-16-12(15-11)10-3-5-14-6-4-10/h8-10,13-14H,3-7H2,1-2H3. The van der Waals surface area contributed by atoms with Crippen LogP contribution in [0.4, 0.5) is 0 Å². The Hall–Kier alpha value is -0.450. The van der Waals surface area contributed by atoms with Gasteiger partial charge >= 0.3 is 0 Å². The van der Waals surface area contributed by atoms with Gasteiger partial charge in [0.25, 0.3) is 0 Å². The number of piperidine rings is 1. The molecule has 1 aromatic heterocycles. The minimum Gasteiger partial charge on any atom is -0.317 e. The van der Waals surface area contributed by atoms with Crippen LogP contribution < -0.4 is 10.6 Å². The molecule has 0 radical (unpaired) electrons. The van der Waals surface area contributed by atoms with Gasteiger partial charge in [-0.2, -0.15) is 0 Å². The molecule has 1 fully saturated rings. The van der Waals surface area contributed by atoms with E-state index in [1.165, 1.54) is 23.5 Å². The maximum atomic E-state index is 4.77. The number of aromatic nitrogens is 1. The lowest BCUT2D eigenvalue weighted by Gasteiger charge is -2.20. The molecule has 2 rings (SSSR count). The molecule has 1 aliphatic heterocycles. The van der Waals surface area contributed by atoms with Gasteiger partial charge in [0.1, 0.15) is 0 Å². The highest BCUT2D eigenvalue weighted by Gasteiger charge is 2.18. The molecule has 0 aromatic carbocycles. The zero-order valence-corrected chi connectivity index (χ0v) is 10.9. The largest absolute Gasteiger partial charge is 0.317 e. The van der Waals surface area contributed by atoms with E-state index < -0.39 is 0 Å². The zero-order chi connectivity index (χ0) is 11.4. The van der Waals surface area contributed by atoms with Gasteiger partial charge in [-0.15, -0.1) is 11.3 Å². The fourth-order valence-electron chi connectivity index (χ4n) is 2.09. The maximum absolute atomic E-state index is 4.77. The third kappa shape index (κ3) is 3.03. The van der Waals surface area contributed by atoms with E-state index in [0.717, 1.165) is 19.5 Å². The van der Waals surface area contributed by atoms with Gasteiger partial charge in [-0.25, -0.2) is 4.98 Å². The van der Waals surface area contributed by atoms with Crippen molar-refractivity contribution in [2.45, 2.75) is 38.1 Å². The molecule has 0 bridgehead atoms. The molecule has 1 unspecified atom stereocenters. The number of likely N-dealkylation sites (N-methyl/N-ethyl adjacent to an activating group) is 1. The van der Waals surface area contributed by atoms with Crippen molar-refractivity contribution in [2.75, 3.05) is 20.1 Å². The zero-order valence-electron chi connectivity index (χ0n) is 10.1. The first-order valence-electron chi connectivity index (χ1n) is 6.12. The Bertz CT molecular complexity index is 318. The molecule has 1 aliphatic rings. The van der Waals surface area contributed by atoms with Gasteiger partial charge in [0, 0.05) is 23.8 Å². The van der Waals surface area contributed by atoms with Gasteiger partial charge in [0.15, 0.2) is 0 Å². The maximum Gasteiger partial charge on any atom is 0.0960 e. The van der Waals surface area contributed by atoms with Gasteiger partial charge in [0.2, 0.25) is 0 Å². The third-order valence-electron chi connectivity index (χ3n) is 3.27. The predicted molar refractivity (Wildman–Crippen MR) is 69.2 cm³/mol. The van der Waals surface area contributed by atoms with Crippen LogP contribution in [-0.4, -0.2) is 31.2 Å². The molecule has 0 spiro atoms. The van der Waals surface area contributed by atoms with E-state index in [-0.39, 0.29) is 0 Å². The van der Waals surface area contributed by atoms with Crippen molar-refractivity contribution in [1.82, 2.24) is 15.6 Å². The number of thiazole rings is 1. The number of hydrogen-bond donors (Lipinski definition) is 2. The highest BCUT2D eigenvalue weighted by Crippen LogP contribution is 2.28. The third-order valence-corrected chi connectivity index (χ3v) is 4.32. The summed E-state index contributed by atoms with van der Waals surface area (Å²) in [6, 6.07) is 0.517. The van der Waals surface area contributed by atoms with Crippen molar-refractivity contribution >= 4 is 11.3 Å². The highest BCUT2D eigenvalue weighted by molar-refractivity contribution is 7.09. The fraction of sp³-hybridized carbons (Fsp3) is 0.750. The second-order valence-corrected chi connectivity index (χ2v) is 5.48. The van der Waals surface area contributed by atoms with Crippen LogP contribution in [0.1, 0.15) is 36.4 Å². The van der Waals surface area contributed by atoms with E-state index in [1.54, 1.807) is 0 Å². The lowest BCUT2D eigenvalue weighted by molar-refractivity contribution is 0.458. The van der Waals surface area contributed by atoms with Crippen LogP contribution in [0.5, 0.6) is 0 Å². The Morgan fingerprint density at radius 2 is 2.31 bits per heavy atom. The summed E-state index contributed by atoms with van der Waals surface area (Å²) < 4.78 is 0. The molecule has 16 heavy (non-hydrogen) atoms. The average molecular weight is 239 g/mol. The van der Waals surface area contributed by atoms with E-state index in [9.17, 15) is 0 Å². The van der Waals surface area contributed by atoms with E-state index in [0.29, 0.717) is 12.0 Å². The molecule has 1 atom stereocenters. The highest BCUT2D eigenvalue weighted by atomic mass is 32.1. The molecule has 3 nitrogen and oxygen atoms in total. The Balaban J connectivity index is 1.95. The predicted octanol–water partition coefficient (Wildman–Crippen LogP) is 1.76. The van der Waals surface area contributed by atoms with Crippen molar-refractivity contribution in [1.29, 1.82) is 0 Å². The molecule has 0 saturated carbocycles. The van der Waals surface area contributed by atoms with Crippen LogP contribution in [-0.2, 0) is 6.42 Å². The molecular weight excluding hydrogens is 218 g/mol. The molecule has 4 heteroatoms. The van der Waals surface area contributed by atoms with Crippen LogP contribution in [0.15, 0.2) is 5.38 Å². The molecule has 90 valence electrons. The monoisotopic (exact) mass is 239 g/mol. The lowest BCUT2D eigenvalue weighted by atomic mass is 9.99. The Morgan fingerprint density at radius 3 is 3.00 bits per heavy atom. The molecule has 2 N–H and O–H groups in total. The van der Waals surface area contributed by atoms with Crippen molar-refractivity contribution in [3.05, 3.63) is 16.1 Å². The molecule has 1 saturated heterocycles. The van der Waals surface area contributed by atoms with E-state index >= 15 is 0 Å². The fourth-order valence-corrected chi connectivity index (χ4v) is 3.09. The summed E-state index contributed by atoms with van der Waals surface area (Å²) >= 11 is 1.84. The quantitative estimate of drug-likeness (QED) is 0.840. The second kappa shape index (κ2) is 5.75. The summed E-state index contributed by atoms with van der Waals surface area (Å²) in [5, 5.41) is 10.2. The van der Waals surface area contributed by atoms with Crippen molar-refractivity contribution in [3.63, 3.8) is 0 Å². The van der Waals surface area contributed by atoms with Crippen LogP contribution in [0.2, 0.25) is 0 Å². The second-order valence-electron chi connectivity index (χ2n) is 4.60. The van der Waals surface area contributed by atoms with Gasteiger partial charge in [-0.3, -0.25) is 0 Å². The smallest absolute Gasteiger partial charge is 0.0960 e. The summed E-state index contributed by atoms with van der Waals surface area (Å²) in [6.45, 7) is 4.49. The normalized spacial score (nSPS) is 19.9. The molecule has 0 aliphatic carbocycles. The Morgan fingerprint density at radius 1 is 1.56 bits per heavy atom. The SMILES string of the molecule is CNC(C)Cc1csc(C2CCNCC2)n1. The van der Waals surface area contributed by atoms with Crippen LogP contribution >= 0.6 is 11.3 Å². The summed E-state index contributed by atoms with van der Waals surface area (Å²) in [5.74, 6) is 0.699. The van der Waals surface area contributed by atoms with Gasteiger partial charge in [-0.1, -0.05) is 0 Å². The molecule has 0 amide bonds. The Labute approximate surface area is 102 Å². The first kappa shape index (κ1) is 12.0. The van der Waals surface area contributed by atoms with Crippen LogP contribution in [0.25, 0.3) is 0 Å². The molecular formula is C12H21N3S. The number of hydrogen-bond acceptors (Lipinski definition) is 4. The van der Waals surface area contributed by atoms with E-state index in [1.807, 2.05) is 18.4 Å². The van der Waals surface area contributed by atoms with Gasteiger partial charge < -0.3 is 10.6 Å². The lowest BCUT2D eigenvalue weighted by Crippen LogP contribution is -2.26. The van der Waals surface area contributed by atoms with E-state index in [2.05, 4.69) is 22.9 Å². The van der Waals surface area contributed by atoms with Gasteiger partial charge in [0.05, 0.1) is 10.7 Å². The topological polar surface area (TPSA) is 37.0 Å². The minimum atomic E-state index is 0.517. The minimum absolute atomic E-state index is 0.517. The van der Waals surface area contributed by atoms with Crippen molar-refractivity contribution in [2.24, 2.45) is 0 Å². The molecule has 1 aromatic rings. The number of rotatable bonds is 4. The van der Waals surface area contributed by atoms with Crippen molar-refractivity contribution < 1.29 is 0 Å². The van der Waals surface area contributed by atoms with E-state index in [4.69, 9.17) is 4.98 Å². The Kier molecular flexibility index (Phi) is 4.32. The first-order valence-corrected chi connectivity index (χ1v) is 7.00. The van der Waals surface area contributed by atoms with Gasteiger partial charge in [-0.05, 0) is 39.9 Å².